The number of benzene rings is 2. The number of sulfone groups is 1. The molecule has 148 valence electrons. The van der Waals surface area contributed by atoms with Crippen LogP contribution in [0.15, 0.2) is 53.4 Å². The summed E-state index contributed by atoms with van der Waals surface area (Å²) in [5, 5.41) is 0. The number of nitrogens with zero attached hydrogens (tertiary/aromatic N) is 1. The molecule has 0 aliphatic carbocycles. The van der Waals surface area contributed by atoms with Gasteiger partial charge >= 0.3 is 0 Å². The van der Waals surface area contributed by atoms with Gasteiger partial charge in [0.05, 0.1) is 16.7 Å². The molecule has 1 unspecified atom stereocenters. The normalized spacial score (nSPS) is 16.9. The Hall–Kier alpha value is -2.47. The van der Waals surface area contributed by atoms with Crippen molar-refractivity contribution in [1.82, 2.24) is 4.90 Å². The predicted molar refractivity (Wildman–Crippen MR) is 108 cm³/mol. The number of carbonyl (C=O) groups excluding carboxylic acids is 2. The summed E-state index contributed by atoms with van der Waals surface area (Å²) in [6.07, 6.45) is 1.25. The first-order valence-electron chi connectivity index (χ1n) is 9.48. The lowest BCUT2D eigenvalue weighted by Crippen LogP contribution is -2.41. The Morgan fingerprint density at radius 2 is 1.75 bits per heavy atom. The molecule has 0 N–H and O–H groups in total. The highest BCUT2D eigenvalue weighted by Gasteiger charge is 2.34. The fourth-order valence-corrected chi connectivity index (χ4v) is 4.79. The molecule has 1 atom stereocenters. The van der Waals surface area contributed by atoms with Crippen molar-refractivity contribution in [3.05, 3.63) is 65.2 Å². The molecule has 0 aromatic heterocycles. The minimum Gasteiger partial charge on any atom is -0.332 e. The van der Waals surface area contributed by atoms with Gasteiger partial charge in [-0.25, -0.2) is 8.42 Å². The first kappa shape index (κ1) is 20.3. The number of ketones is 1. The van der Waals surface area contributed by atoms with Crippen molar-refractivity contribution < 1.29 is 18.0 Å². The topological polar surface area (TPSA) is 71.5 Å². The van der Waals surface area contributed by atoms with E-state index in [-0.39, 0.29) is 28.8 Å². The van der Waals surface area contributed by atoms with Gasteiger partial charge in [-0.2, -0.15) is 0 Å². The van der Waals surface area contributed by atoms with Crippen molar-refractivity contribution in [3.8, 4) is 0 Å². The van der Waals surface area contributed by atoms with Crippen molar-refractivity contribution in [2.45, 2.75) is 44.0 Å². The van der Waals surface area contributed by atoms with Crippen LogP contribution >= 0.6 is 0 Å². The Bertz CT molecular complexity index is 983. The lowest BCUT2D eigenvalue weighted by atomic mass is 9.98. The van der Waals surface area contributed by atoms with Gasteiger partial charge in [0.1, 0.15) is 0 Å². The highest BCUT2D eigenvalue weighted by Crippen LogP contribution is 2.24. The van der Waals surface area contributed by atoms with Gasteiger partial charge in [0.2, 0.25) is 5.91 Å². The number of Topliss-reactive ketones (excluding diaryl/α,β-unsaturated/α-hetero) is 1. The van der Waals surface area contributed by atoms with Crippen LogP contribution in [0.3, 0.4) is 0 Å². The molecule has 6 heteroatoms. The maximum absolute atomic E-state index is 12.9. The molecule has 28 heavy (non-hydrogen) atoms. The summed E-state index contributed by atoms with van der Waals surface area (Å²) < 4.78 is 24.8. The average Bonchev–Trinajstić information content (AvgIpc) is 3.18. The second-order valence-corrected chi connectivity index (χ2v) is 9.40. The fraction of sp³-hybridized carbons (Fsp3) is 0.364. The predicted octanol–water partition coefficient (Wildman–Crippen LogP) is 3.34. The quantitative estimate of drug-likeness (QED) is 0.699. The molecule has 0 radical (unpaired) electrons. The van der Waals surface area contributed by atoms with E-state index in [9.17, 15) is 18.0 Å². The Morgan fingerprint density at radius 1 is 1.04 bits per heavy atom. The second-order valence-electron chi connectivity index (χ2n) is 7.29. The zero-order chi connectivity index (χ0) is 20.3. The highest BCUT2D eigenvalue weighted by molar-refractivity contribution is 7.91. The Morgan fingerprint density at radius 3 is 2.43 bits per heavy atom. The maximum atomic E-state index is 12.9. The van der Waals surface area contributed by atoms with Gasteiger partial charge in [0.25, 0.3) is 0 Å². The van der Waals surface area contributed by atoms with E-state index in [2.05, 4.69) is 0 Å². The molecule has 2 aromatic carbocycles. The van der Waals surface area contributed by atoms with E-state index in [1.807, 2.05) is 26.0 Å². The summed E-state index contributed by atoms with van der Waals surface area (Å²) in [6, 6.07) is 13.2. The lowest BCUT2D eigenvalue weighted by molar-refractivity contribution is -0.130. The molecule has 1 amide bonds. The third-order valence-electron chi connectivity index (χ3n) is 5.35. The van der Waals surface area contributed by atoms with Crippen LogP contribution in [-0.4, -0.2) is 43.3 Å². The molecule has 0 saturated carbocycles. The Labute approximate surface area is 166 Å². The first-order valence-corrected chi connectivity index (χ1v) is 11.1. The number of hydrogen-bond donors (Lipinski definition) is 0. The van der Waals surface area contributed by atoms with E-state index < -0.39 is 15.9 Å². The van der Waals surface area contributed by atoms with Crippen LogP contribution < -0.4 is 0 Å². The zero-order valence-corrected chi connectivity index (χ0v) is 17.0. The monoisotopic (exact) mass is 399 g/mol. The maximum Gasteiger partial charge on any atom is 0.224 e. The van der Waals surface area contributed by atoms with Gasteiger partial charge in [0, 0.05) is 18.5 Å². The fourth-order valence-electron chi connectivity index (χ4n) is 3.54. The van der Waals surface area contributed by atoms with Crippen LogP contribution in [0.4, 0.5) is 0 Å². The summed E-state index contributed by atoms with van der Waals surface area (Å²) in [7, 11) is -3.52. The largest absolute Gasteiger partial charge is 0.332 e. The van der Waals surface area contributed by atoms with Crippen LogP contribution in [0, 0.1) is 13.8 Å². The van der Waals surface area contributed by atoms with Crippen LogP contribution in [-0.2, 0) is 14.6 Å². The molecular weight excluding hydrogens is 374 g/mol. The van der Waals surface area contributed by atoms with E-state index >= 15 is 0 Å². The van der Waals surface area contributed by atoms with Crippen LogP contribution in [0.5, 0.6) is 0 Å². The smallest absolute Gasteiger partial charge is 0.224 e. The molecule has 1 fully saturated rings. The third-order valence-corrected chi connectivity index (χ3v) is 7.09. The van der Waals surface area contributed by atoms with E-state index in [1.54, 1.807) is 29.2 Å². The number of rotatable bonds is 6. The molecule has 2 aromatic rings. The molecule has 1 saturated heterocycles. The Kier molecular flexibility index (Phi) is 5.98. The Balaban J connectivity index is 1.69. The minimum atomic E-state index is -3.52. The number of aryl methyl sites for hydroxylation is 2. The van der Waals surface area contributed by atoms with Gasteiger partial charge < -0.3 is 4.90 Å². The van der Waals surface area contributed by atoms with E-state index in [4.69, 9.17) is 0 Å². The van der Waals surface area contributed by atoms with Gasteiger partial charge in [0.15, 0.2) is 15.6 Å². The van der Waals surface area contributed by atoms with Crippen molar-refractivity contribution in [3.63, 3.8) is 0 Å². The molecule has 3 rings (SSSR count). The molecule has 1 aliphatic rings. The van der Waals surface area contributed by atoms with Gasteiger partial charge in [-0.15, -0.1) is 0 Å². The van der Waals surface area contributed by atoms with Crippen molar-refractivity contribution >= 4 is 21.5 Å². The van der Waals surface area contributed by atoms with Crippen molar-refractivity contribution in [2.24, 2.45) is 0 Å². The molecule has 1 aliphatic heterocycles. The molecule has 0 spiro atoms. The van der Waals surface area contributed by atoms with Crippen LogP contribution in [0.1, 0.15) is 40.7 Å². The molecular formula is C22H25NO4S. The van der Waals surface area contributed by atoms with Gasteiger partial charge in [-0.05, 0) is 56.0 Å². The van der Waals surface area contributed by atoms with E-state index in [0.717, 1.165) is 17.5 Å². The number of hydrogen-bond acceptors (Lipinski definition) is 4. The van der Waals surface area contributed by atoms with Gasteiger partial charge in [-0.3, -0.25) is 9.59 Å². The molecule has 1 heterocycles. The van der Waals surface area contributed by atoms with E-state index in [1.165, 1.54) is 12.1 Å². The summed E-state index contributed by atoms with van der Waals surface area (Å²) >= 11 is 0. The standard InChI is InChI=1S/C22H25NO4S/c1-16-10-11-18(15-17(16)2)22(25)20-9-6-13-23(20)21(24)12-14-28(26,27)19-7-4-3-5-8-19/h3-5,7-8,10-11,15,20H,6,9,12-14H2,1-2H3. The number of amides is 1. The summed E-state index contributed by atoms with van der Waals surface area (Å²) in [4.78, 5) is 27.4. The van der Waals surface area contributed by atoms with Crippen LogP contribution in [0.2, 0.25) is 0 Å². The highest BCUT2D eigenvalue weighted by atomic mass is 32.2. The SMILES string of the molecule is Cc1ccc(C(=O)C2CCCN2C(=O)CCS(=O)(=O)c2ccccc2)cc1C. The first-order chi connectivity index (χ1) is 13.3. The van der Waals surface area contributed by atoms with Crippen molar-refractivity contribution in [2.75, 3.05) is 12.3 Å². The number of likely N-dealkylation sites (tertiary alicyclic amines) is 1. The molecule has 0 bridgehead atoms. The summed E-state index contributed by atoms with van der Waals surface area (Å²) in [6.45, 7) is 4.44. The average molecular weight is 400 g/mol. The molecule has 5 nitrogen and oxygen atoms in total. The number of carbonyl (C=O) groups is 2. The third kappa shape index (κ3) is 4.33. The van der Waals surface area contributed by atoms with Crippen LogP contribution in [0.25, 0.3) is 0 Å². The summed E-state index contributed by atoms with van der Waals surface area (Å²) in [5.74, 6) is -0.601. The van der Waals surface area contributed by atoms with Crippen molar-refractivity contribution in [1.29, 1.82) is 0 Å². The second kappa shape index (κ2) is 8.27. The van der Waals surface area contributed by atoms with Gasteiger partial charge in [-0.1, -0.05) is 30.3 Å². The zero-order valence-electron chi connectivity index (χ0n) is 16.2. The summed E-state index contributed by atoms with van der Waals surface area (Å²) in [5.41, 5.74) is 2.75. The lowest BCUT2D eigenvalue weighted by Gasteiger charge is -2.24. The minimum absolute atomic E-state index is 0.0696. The van der Waals surface area contributed by atoms with E-state index in [0.29, 0.717) is 18.5 Å².